The minimum atomic E-state index is -1.13. The van der Waals surface area contributed by atoms with Crippen LogP contribution < -0.4 is 24.4 Å². The number of imide groups is 2. The van der Waals surface area contributed by atoms with Crippen LogP contribution in [0.5, 0.6) is 17.2 Å². The topological polar surface area (TPSA) is 131 Å². The van der Waals surface area contributed by atoms with Crippen LogP contribution in [-0.2, 0) is 14.4 Å². The van der Waals surface area contributed by atoms with Gasteiger partial charge in [-0.1, -0.05) is 0 Å². The highest BCUT2D eigenvalue weighted by molar-refractivity contribution is 14.1. The summed E-state index contributed by atoms with van der Waals surface area (Å²) >= 11 is 5.27. The van der Waals surface area contributed by atoms with Crippen LogP contribution in [-0.4, -0.2) is 48.7 Å². The lowest BCUT2D eigenvalue weighted by Crippen LogP contribution is -2.54. The van der Waals surface area contributed by atoms with E-state index in [1.54, 1.807) is 38.1 Å². The summed E-state index contributed by atoms with van der Waals surface area (Å²) in [6.07, 6.45) is 1.33. The van der Waals surface area contributed by atoms with E-state index in [2.05, 4.69) is 21.2 Å². The molecule has 4 amide bonds. The van der Waals surface area contributed by atoms with E-state index in [0.717, 1.165) is 4.90 Å². The number of benzene rings is 2. The monoisotopic (exact) mass is 658 g/mol. The second-order valence-corrected chi connectivity index (χ2v) is 8.97. The summed E-state index contributed by atoms with van der Waals surface area (Å²) in [5.74, 6) is -1.83. The van der Waals surface area contributed by atoms with Crippen molar-refractivity contribution in [3.63, 3.8) is 0 Å². The zero-order valence-electron chi connectivity index (χ0n) is 18.6. The second-order valence-electron chi connectivity index (χ2n) is 6.95. The number of anilines is 1. The van der Waals surface area contributed by atoms with Gasteiger partial charge in [-0.25, -0.2) is 14.5 Å². The Hall–Kier alpha value is -3.13. The maximum Gasteiger partial charge on any atom is 0.341 e. The Bertz CT molecular complexity index is 1210. The number of carboxylic acid groups (broad SMARTS) is 1. The molecule has 1 fully saturated rings. The third-order valence-corrected chi connectivity index (χ3v) is 5.95. The Morgan fingerprint density at radius 2 is 1.83 bits per heavy atom. The first-order valence-corrected chi connectivity index (χ1v) is 12.2. The van der Waals surface area contributed by atoms with E-state index in [-0.39, 0.29) is 23.6 Å². The lowest BCUT2D eigenvalue weighted by Gasteiger charge is -2.28. The number of hydrogen-bond donors (Lipinski definition) is 2. The molecule has 0 spiro atoms. The quantitative estimate of drug-likeness (QED) is 0.235. The molecule has 2 aromatic rings. The van der Waals surface area contributed by atoms with Crippen molar-refractivity contribution in [1.29, 1.82) is 0 Å². The van der Waals surface area contributed by atoms with Gasteiger partial charge in [0.05, 0.1) is 26.9 Å². The molecule has 1 aliphatic heterocycles. The minimum absolute atomic E-state index is 0.131. The van der Waals surface area contributed by atoms with E-state index in [0.29, 0.717) is 31.7 Å². The lowest BCUT2D eigenvalue weighted by atomic mass is 10.1. The molecule has 0 aromatic heterocycles. The summed E-state index contributed by atoms with van der Waals surface area (Å²) in [4.78, 5) is 50.3. The van der Waals surface area contributed by atoms with E-state index in [9.17, 15) is 19.2 Å². The van der Waals surface area contributed by atoms with E-state index < -0.39 is 30.4 Å². The maximum atomic E-state index is 13.4. The van der Waals surface area contributed by atoms with Gasteiger partial charge in [0.15, 0.2) is 6.61 Å². The van der Waals surface area contributed by atoms with Crippen molar-refractivity contribution >= 4 is 74.1 Å². The molecule has 12 heteroatoms. The molecule has 0 bridgehead atoms. The van der Waals surface area contributed by atoms with Crippen LogP contribution in [0.1, 0.15) is 19.4 Å². The standard InChI is InChI=1S/C23H20BrIN2O8/c1-3-33-13-5-6-18(34-4-2)17(10-13)27-22(31)14(21(30)26-23(27)32)7-12-8-15(24)20(16(25)9-12)35-11-19(28)29/h5-10H,3-4,11H2,1-2H3,(H,28,29)(H,26,30,32)/b14-7+. The van der Waals surface area contributed by atoms with Crippen LogP contribution in [0.2, 0.25) is 0 Å². The van der Waals surface area contributed by atoms with E-state index in [1.165, 1.54) is 12.1 Å². The van der Waals surface area contributed by atoms with Gasteiger partial charge in [-0.2, -0.15) is 0 Å². The van der Waals surface area contributed by atoms with Gasteiger partial charge in [0.2, 0.25) is 0 Å². The Kier molecular flexibility index (Phi) is 8.72. The number of nitrogens with one attached hydrogen (secondary N) is 1. The van der Waals surface area contributed by atoms with E-state index in [4.69, 9.17) is 19.3 Å². The molecule has 2 N–H and O–H groups in total. The fourth-order valence-electron chi connectivity index (χ4n) is 3.18. The molecule has 1 heterocycles. The number of rotatable bonds is 9. The fourth-order valence-corrected chi connectivity index (χ4v) is 4.95. The number of carbonyl (C=O) groups excluding carboxylic acids is 3. The Balaban J connectivity index is 2.02. The molecule has 1 saturated heterocycles. The van der Waals surface area contributed by atoms with E-state index >= 15 is 0 Å². The van der Waals surface area contributed by atoms with Crippen LogP contribution in [0.25, 0.3) is 6.08 Å². The average molecular weight is 659 g/mol. The van der Waals surface area contributed by atoms with Crippen molar-refractivity contribution in [2.24, 2.45) is 0 Å². The molecule has 0 aliphatic carbocycles. The molecule has 0 saturated carbocycles. The summed E-state index contributed by atoms with van der Waals surface area (Å²) in [6, 6.07) is 6.99. The Morgan fingerprint density at radius 3 is 2.46 bits per heavy atom. The average Bonchev–Trinajstić information content (AvgIpc) is 2.77. The van der Waals surface area contributed by atoms with Gasteiger partial charge < -0.3 is 19.3 Å². The van der Waals surface area contributed by atoms with E-state index in [1.807, 2.05) is 22.6 Å². The van der Waals surface area contributed by atoms with Gasteiger partial charge >= 0.3 is 12.0 Å². The highest BCUT2D eigenvalue weighted by Gasteiger charge is 2.38. The summed E-state index contributed by atoms with van der Waals surface area (Å²) in [5, 5.41) is 11.0. The molecule has 3 rings (SSSR count). The van der Waals surface area contributed by atoms with Crippen LogP contribution in [0, 0.1) is 3.57 Å². The number of carboxylic acids is 1. The minimum Gasteiger partial charge on any atom is -0.494 e. The van der Waals surface area contributed by atoms with Gasteiger partial charge in [-0.15, -0.1) is 0 Å². The molecule has 0 radical (unpaired) electrons. The van der Waals surface area contributed by atoms with Crippen molar-refractivity contribution in [1.82, 2.24) is 5.32 Å². The van der Waals surface area contributed by atoms with Gasteiger partial charge in [0, 0.05) is 6.07 Å². The highest BCUT2D eigenvalue weighted by atomic mass is 127. The number of barbiturate groups is 1. The molecule has 0 unspecified atom stereocenters. The summed E-state index contributed by atoms with van der Waals surface area (Å²) in [5.41, 5.74) is 0.299. The molecule has 2 aromatic carbocycles. The van der Waals surface area contributed by atoms with Crippen LogP contribution in [0.3, 0.4) is 0 Å². The predicted molar refractivity (Wildman–Crippen MR) is 138 cm³/mol. The molecular weight excluding hydrogens is 639 g/mol. The van der Waals surface area contributed by atoms with Gasteiger partial charge in [-0.05, 0) is 88.3 Å². The first-order valence-electron chi connectivity index (χ1n) is 10.3. The van der Waals surface area contributed by atoms with Crippen LogP contribution in [0.15, 0.2) is 40.4 Å². The Morgan fingerprint density at radius 1 is 1.11 bits per heavy atom. The number of amides is 4. The van der Waals surface area contributed by atoms with Gasteiger partial charge in [0.1, 0.15) is 22.8 Å². The summed E-state index contributed by atoms with van der Waals surface area (Å²) < 4.78 is 17.3. The van der Waals surface area contributed by atoms with Crippen molar-refractivity contribution < 1.29 is 38.5 Å². The first-order chi connectivity index (χ1) is 16.7. The van der Waals surface area contributed by atoms with Gasteiger partial charge in [0.25, 0.3) is 11.8 Å². The van der Waals surface area contributed by atoms with Crippen LogP contribution in [0.4, 0.5) is 10.5 Å². The number of hydrogen-bond acceptors (Lipinski definition) is 7. The molecular formula is C23H20BrIN2O8. The SMILES string of the molecule is CCOc1ccc(OCC)c(N2C(=O)NC(=O)/C(=C\c3cc(Br)c(OCC(=O)O)c(I)c3)C2=O)c1. The molecule has 35 heavy (non-hydrogen) atoms. The summed E-state index contributed by atoms with van der Waals surface area (Å²) in [6.45, 7) is 3.68. The van der Waals surface area contributed by atoms with Gasteiger partial charge in [-0.3, -0.25) is 14.9 Å². The molecule has 10 nitrogen and oxygen atoms in total. The number of carbonyl (C=O) groups is 4. The number of urea groups is 1. The maximum absolute atomic E-state index is 13.4. The smallest absolute Gasteiger partial charge is 0.341 e. The molecule has 1 aliphatic rings. The largest absolute Gasteiger partial charge is 0.494 e. The molecule has 184 valence electrons. The highest BCUT2D eigenvalue weighted by Crippen LogP contribution is 2.36. The van der Waals surface area contributed by atoms with Crippen LogP contribution >= 0.6 is 38.5 Å². The Labute approximate surface area is 222 Å². The van der Waals surface area contributed by atoms with Crippen molar-refractivity contribution in [3.8, 4) is 17.2 Å². The third-order valence-electron chi connectivity index (χ3n) is 4.56. The second kappa shape index (κ2) is 11.5. The zero-order valence-corrected chi connectivity index (χ0v) is 22.3. The fraction of sp³-hybridized carbons (Fsp3) is 0.217. The lowest BCUT2D eigenvalue weighted by molar-refractivity contribution is -0.139. The van der Waals surface area contributed by atoms with Crippen molar-refractivity contribution in [2.75, 3.05) is 24.7 Å². The van der Waals surface area contributed by atoms with Crippen molar-refractivity contribution in [3.05, 3.63) is 49.5 Å². The third kappa shape index (κ3) is 6.11. The zero-order chi connectivity index (χ0) is 25.7. The number of ether oxygens (including phenoxy) is 3. The first kappa shape index (κ1) is 26.5. The van der Waals surface area contributed by atoms with Crippen molar-refractivity contribution in [2.45, 2.75) is 13.8 Å². The number of nitrogens with zero attached hydrogens (tertiary/aromatic N) is 1. The predicted octanol–water partition coefficient (Wildman–Crippen LogP) is 3.98. The normalized spacial score (nSPS) is 14.7. The number of halogens is 2. The molecule has 0 atom stereocenters. The summed E-state index contributed by atoms with van der Waals surface area (Å²) in [7, 11) is 0. The number of aliphatic carboxylic acids is 1.